The molecule has 9 heteroatoms. The van der Waals surface area contributed by atoms with E-state index in [1.807, 2.05) is 30.3 Å². The fourth-order valence-corrected chi connectivity index (χ4v) is 4.28. The Hall–Kier alpha value is -3.98. The monoisotopic (exact) mass is 476 g/mol. The number of hydrogen-bond donors (Lipinski definition) is 1. The number of nitrogens with zero attached hydrogens (tertiary/aromatic N) is 3. The van der Waals surface area contributed by atoms with E-state index in [2.05, 4.69) is 15.5 Å². The maximum absolute atomic E-state index is 14.5. The summed E-state index contributed by atoms with van der Waals surface area (Å²) in [5, 5.41) is 12.5. The van der Waals surface area contributed by atoms with E-state index in [9.17, 15) is 13.6 Å². The molecule has 0 saturated heterocycles. The summed E-state index contributed by atoms with van der Waals surface area (Å²) >= 11 is 1.15. The highest BCUT2D eigenvalue weighted by Crippen LogP contribution is 2.29. The first-order valence-corrected chi connectivity index (χ1v) is 11.4. The van der Waals surface area contributed by atoms with E-state index in [1.54, 1.807) is 34.9 Å². The number of carbonyl (C=O) groups is 1. The van der Waals surface area contributed by atoms with Gasteiger partial charge in [-0.25, -0.2) is 8.78 Å². The van der Waals surface area contributed by atoms with Gasteiger partial charge < -0.3 is 9.73 Å². The van der Waals surface area contributed by atoms with Crippen molar-refractivity contribution in [3.8, 4) is 17.1 Å². The maximum atomic E-state index is 14.5. The minimum Gasteiger partial charge on any atom is -0.459 e. The Bertz CT molecular complexity index is 1430. The van der Waals surface area contributed by atoms with Gasteiger partial charge in [-0.15, -0.1) is 10.2 Å². The standard InChI is InChI=1S/C25H18F2N4O2S/c26-17-9-11-18(12-10-17)31-24(20-6-2-3-7-21(20)27)29-30-25(31)34-15-23(32)28-14-19-13-16-5-1-4-8-22(16)33-19/h1-13H,14-15H2,(H,28,32). The minimum absolute atomic E-state index is 0.0524. The van der Waals surface area contributed by atoms with Gasteiger partial charge in [-0.05, 0) is 48.5 Å². The summed E-state index contributed by atoms with van der Waals surface area (Å²) in [6.45, 7) is 0.249. The summed E-state index contributed by atoms with van der Waals surface area (Å²) in [5.74, 6) is -0.129. The maximum Gasteiger partial charge on any atom is 0.230 e. The van der Waals surface area contributed by atoms with Gasteiger partial charge in [0.1, 0.15) is 23.0 Å². The molecule has 0 bridgehead atoms. The van der Waals surface area contributed by atoms with Crippen LogP contribution in [0.3, 0.4) is 0 Å². The number of fused-ring (bicyclic) bond motifs is 1. The van der Waals surface area contributed by atoms with Crippen LogP contribution in [0, 0.1) is 11.6 Å². The second kappa shape index (κ2) is 9.48. The van der Waals surface area contributed by atoms with E-state index in [4.69, 9.17) is 4.42 Å². The number of carbonyl (C=O) groups excluding carboxylic acids is 1. The lowest BCUT2D eigenvalue weighted by Gasteiger charge is -2.11. The van der Waals surface area contributed by atoms with Crippen LogP contribution in [0.25, 0.3) is 28.0 Å². The van der Waals surface area contributed by atoms with Crippen molar-refractivity contribution in [3.05, 3.63) is 96.3 Å². The number of thioether (sulfide) groups is 1. The van der Waals surface area contributed by atoms with Crippen molar-refractivity contribution in [2.45, 2.75) is 11.7 Å². The quantitative estimate of drug-likeness (QED) is 0.320. The van der Waals surface area contributed by atoms with Crippen LogP contribution < -0.4 is 5.32 Å². The summed E-state index contributed by atoms with van der Waals surface area (Å²) in [6, 6.07) is 21.4. The fourth-order valence-electron chi connectivity index (χ4n) is 3.49. The molecular weight excluding hydrogens is 458 g/mol. The van der Waals surface area contributed by atoms with Gasteiger partial charge in [0.2, 0.25) is 5.91 Å². The Morgan fingerprint density at radius 2 is 1.74 bits per heavy atom. The van der Waals surface area contributed by atoms with Crippen molar-refractivity contribution in [2.75, 3.05) is 5.75 Å². The third kappa shape index (κ3) is 4.55. The molecule has 2 aromatic heterocycles. The van der Waals surface area contributed by atoms with Crippen molar-refractivity contribution in [1.29, 1.82) is 0 Å². The van der Waals surface area contributed by atoms with Crippen molar-refractivity contribution >= 4 is 28.6 Å². The average molecular weight is 477 g/mol. The largest absolute Gasteiger partial charge is 0.459 e. The minimum atomic E-state index is -0.460. The molecule has 170 valence electrons. The molecule has 0 saturated carbocycles. The Morgan fingerprint density at radius 3 is 2.53 bits per heavy atom. The summed E-state index contributed by atoms with van der Waals surface area (Å²) in [6.07, 6.45) is 0. The van der Waals surface area contributed by atoms with E-state index in [0.717, 1.165) is 22.7 Å². The molecule has 0 unspecified atom stereocenters. The third-order valence-electron chi connectivity index (χ3n) is 5.10. The third-order valence-corrected chi connectivity index (χ3v) is 6.03. The Balaban J connectivity index is 1.34. The average Bonchev–Trinajstić information content (AvgIpc) is 3.46. The molecule has 5 aromatic rings. The second-order valence-corrected chi connectivity index (χ2v) is 8.36. The molecule has 6 nitrogen and oxygen atoms in total. The molecule has 0 aliphatic carbocycles. The number of nitrogens with one attached hydrogen (secondary N) is 1. The Kier molecular flexibility index (Phi) is 6.09. The van der Waals surface area contributed by atoms with E-state index in [1.165, 1.54) is 18.2 Å². The van der Waals surface area contributed by atoms with E-state index < -0.39 is 11.6 Å². The van der Waals surface area contributed by atoms with Crippen LogP contribution in [0.1, 0.15) is 5.76 Å². The molecule has 1 N–H and O–H groups in total. The van der Waals surface area contributed by atoms with Crippen LogP contribution in [0.5, 0.6) is 0 Å². The lowest BCUT2D eigenvalue weighted by atomic mass is 10.2. The topological polar surface area (TPSA) is 73.0 Å². The molecule has 0 spiro atoms. The summed E-state index contributed by atoms with van der Waals surface area (Å²) < 4.78 is 35.3. The Labute approximate surface area is 197 Å². The van der Waals surface area contributed by atoms with Crippen LogP contribution in [0.2, 0.25) is 0 Å². The molecule has 0 aliphatic rings. The van der Waals surface area contributed by atoms with Crippen LogP contribution in [0.4, 0.5) is 8.78 Å². The first-order chi connectivity index (χ1) is 16.6. The van der Waals surface area contributed by atoms with Crippen molar-refractivity contribution < 1.29 is 18.0 Å². The van der Waals surface area contributed by atoms with Crippen LogP contribution in [-0.4, -0.2) is 26.4 Å². The van der Waals surface area contributed by atoms with E-state index in [0.29, 0.717) is 16.6 Å². The van der Waals surface area contributed by atoms with Crippen molar-refractivity contribution in [1.82, 2.24) is 20.1 Å². The highest BCUT2D eigenvalue weighted by molar-refractivity contribution is 7.99. The Morgan fingerprint density at radius 1 is 0.971 bits per heavy atom. The van der Waals surface area contributed by atoms with Crippen LogP contribution in [-0.2, 0) is 11.3 Å². The first kappa shape index (κ1) is 21.8. The smallest absolute Gasteiger partial charge is 0.230 e. The number of halogens is 2. The van der Waals surface area contributed by atoms with Crippen molar-refractivity contribution in [3.63, 3.8) is 0 Å². The molecule has 34 heavy (non-hydrogen) atoms. The van der Waals surface area contributed by atoms with Gasteiger partial charge in [0.05, 0.1) is 17.9 Å². The lowest BCUT2D eigenvalue weighted by Crippen LogP contribution is -2.24. The van der Waals surface area contributed by atoms with Gasteiger partial charge in [-0.1, -0.05) is 42.1 Å². The molecule has 0 fully saturated rings. The number of aromatic nitrogens is 3. The van der Waals surface area contributed by atoms with Gasteiger partial charge >= 0.3 is 0 Å². The lowest BCUT2D eigenvalue weighted by molar-refractivity contribution is -0.118. The molecule has 5 rings (SSSR count). The van der Waals surface area contributed by atoms with E-state index in [-0.39, 0.29) is 29.6 Å². The van der Waals surface area contributed by atoms with Gasteiger partial charge in [-0.3, -0.25) is 9.36 Å². The first-order valence-electron chi connectivity index (χ1n) is 10.4. The number of rotatable bonds is 7. The number of para-hydroxylation sites is 1. The SMILES string of the molecule is O=C(CSc1nnc(-c2ccccc2F)n1-c1ccc(F)cc1)NCc1cc2ccccc2o1. The predicted molar refractivity (Wildman–Crippen MR) is 125 cm³/mol. The van der Waals surface area contributed by atoms with Gasteiger partial charge in [0.25, 0.3) is 0 Å². The molecule has 0 radical (unpaired) electrons. The summed E-state index contributed by atoms with van der Waals surface area (Å²) in [4.78, 5) is 12.5. The van der Waals surface area contributed by atoms with E-state index >= 15 is 0 Å². The molecule has 3 aromatic carbocycles. The summed E-state index contributed by atoms with van der Waals surface area (Å²) in [7, 11) is 0. The molecule has 0 atom stereocenters. The molecule has 0 aliphatic heterocycles. The fraction of sp³-hybridized carbons (Fsp3) is 0.0800. The van der Waals surface area contributed by atoms with Gasteiger partial charge in [0, 0.05) is 11.1 Å². The zero-order valence-electron chi connectivity index (χ0n) is 17.7. The summed E-state index contributed by atoms with van der Waals surface area (Å²) in [5.41, 5.74) is 1.56. The number of amides is 1. The van der Waals surface area contributed by atoms with Crippen molar-refractivity contribution in [2.24, 2.45) is 0 Å². The highest BCUT2D eigenvalue weighted by atomic mass is 32.2. The number of furan rings is 1. The number of hydrogen-bond acceptors (Lipinski definition) is 5. The predicted octanol–water partition coefficient (Wildman–Crippen LogP) is 5.37. The second-order valence-electron chi connectivity index (χ2n) is 7.41. The van der Waals surface area contributed by atoms with Gasteiger partial charge in [0.15, 0.2) is 11.0 Å². The molecule has 1 amide bonds. The highest BCUT2D eigenvalue weighted by Gasteiger charge is 2.19. The zero-order chi connectivity index (χ0) is 23.5. The van der Waals surface area contributed by atoms with Gasteiger partial charge in [-0.2, -0.15) is 0 Å². The van der Waals surface area contributed by atoms with Crippen LogP contribution >= 0.6 is 11.8 Å². The normalized spacial score (nSPS) is 11.1. The number of benzene rings is 3. The molecule has 2 heterocycles. The van der Waals surface area contributed by atoms with Crippen LogP contribution in [0.15, 0.2) is 88.4 Å². The molecular formula is C25H18F2N4O2S. The zero-order valence-corrected chi connectivity index (χ0v) is 18.6.